The lowest BCUT2D eigenvalue weighted by Crippen LogP contribution is -2.16. The van der Waals surface area contributed by atoms with Crippen molar-refractivity contribution < 1.29 is 0 Å². The number of rotatable bonds is 0. The number of nitrogens with zero attached hydrogens (tertiary/aromatic N) is 2. The van der Waals surface area contributed by atoms with Gasteiger partial charge in [0, 0.05) is 11.7 Å². The van der Waals surface area contributed by atoms with Crippen LogP contribution in [0.15, 0.2) is 6.20 Å². The van der Waals surface area contributed by atoms with E-state index in [0.717, 1.165) is 0 Å². The third-order valence-corrected chi connectivity index (χ3v) is 2.56. The number of fused-ring (bicyclic) bond motifs is 1. The molecule has 0 saturated carbocycles. The zero-order chi connectivity index (χ0) is 7.84. The minimum atomic E-state index is 0.618. The second kappa shape index (κ2) is 2.36. The first kappa shape index (κ1) is 6.89. The summed E-state index contributed by atoms with van der Waals surface area (Å²) in [5.74, 6) is 0. The number of hydrogen-bond donors (Lipinski definition) is 0. The fourth-order valence-corrected chi connectivity index (χ4v) is 1.85. The molecule has 1 aliphatic rings. The standard InChI is InChI=1S/C9H14N2/c1-7-6-10-11-8(2)4-3-5-9(7)11/h6,8H,3-5H2,1-2H3. The van der Waals surface area contributed by atoms with Gasteiger partial charge in [0.25, 0.3) is 0 Å². The number of aryl methyl sites for hydroxylation is 1. The van der Waals surface area contributed by atoms with E-state index in [1.807, 2.05) is 6.20 Å². The quantitative estimate of drug-likeness (QED) is 0.553. The Bertz CT molecular complexity index is 263. The second-order valence-corrected chi connectivity index (χ2v) is 3.46. The Kier molecular flexibility index (Phi) is 1.48. The van der Waals surface area contributed by atoms with Crippen molar-refractivity contribution in [3.05, 3.63) is 17.5 Å². The highest BCUT2D eigenvalue weighted by Gasteiger charge is 2.17. The molecule has 2 nitrogen and oxygen atoms in total. The molecule has 1 aromatic heterocycles. The molecule has 0 aliphatic carbocycles. The first-order valence-corrected chi connectivity index (χ1v) is 4.32. The highest BCUT2D eigenvalue weighted by Crippen LogP contribution is 2.24. The molecule has 1 aromatic rings. The van der Waals surface area contributed by atoms with E-state index in [1.54, 1.807) is 0 Å². The van der Waals surface area contributed by atoms with Crippen LogP contribution in [-0.2, 0) is 6.42 Å². The van der Waals surface area contributed by atoms with Crippen molar-refractivity contribution in [1.82, 2.24) is 9.78 Å². The summed E-state index contributed by atoms with van der Waals surface area (Å²) in [5.41, 5.74) is 2.81. The van der Waals surface area contributed by atoms with Gasteiger partial charge >= 0.3 is 0 Å². The second-order valence-electron chi connectivity index (χ2n) is 3.46. The van der Waals surface area contributed by atoms with E-state index in [9.17, 15) is 0 Å². The van der Waals surface area contributed by atoms with Gasteiger partial charge in [-0.15, -0.1) is 0 Å². The molecule has 1 atom stereocenters. The lowest BCUT2D eigenvalue weighted by molar-refractivity contribution is 0.392. The fraction of sp³-hybridized carbons (Fsp3) is 0.667. The molecule has 0 fully saturated rings. The van der Waals surface area contributed by atoms with Crippen LogP contribution in [0.5, 0.6) is 0 Å². The van der Waals surface area contributed by atoms with E-state index in [4.69, 9.17) is 0 Å². The molecule has 0 spiro atoms. The van der Waals surface area contributed by atoms with Gasteiger partial charge < -0.3 is 0 Å². The van der Waals surface area contributed by atoms with Crippen LogP contribution in [-0.4, -0.2) is 9.78 Å². The predicted molar refractivity (Wildman–Crippen MR) is 44.6 cm³/mol. The summed E-state index contributed by atoms with van der Waals surface area (Å²) in [6, 6.07) is 0.618. The zero-order valence-electron chi connectivity index (χ0n) is 7.17. The van der Waals surface area contributed by atoms with Crippen molar-refractivity contribution in [1.29, 1.82) is 0 Å². The highest BCUT2D eigenvalue weighted by atomic mass is 15.3. The summed E-state index contributed by atoms with van der Waals surface area (Å²) in [6.45, 7) is 4.39. The van der Waals surface area contributed by atoms with Crippen LogP contribution in [0.1, 0.15) is 37.1 Å². The van der Waals surface area contributed by atoms with Gasteiger partial charge in [0.15, 0.2) is 0 Å². The van der Waals surface area contributed by atoms with Crippen LogP contribution in [0.3, 0.4) is 0 Å². The maximum atomic E-state index is 4.35. The van der Waals surface area contributed by atoms with Crippen LogP contribution in [0.2, 0.25) is 0 Å². The Labute approximate surface area is 67.2 Å². The Morgan fingerprint density at radius 1 is 1.64 bits per heavy atom. The Morgan fingerprint density at radius 3 is 3.18 bits per heavy atom. The van der Waals surface area contributed by atoms with Gasteiger partial charge in [-0.2, -0.15) is 5.10 Å². The topological polar surface area (TPSA) is 17.8 Å². The van der Waals surface area contributed by atoms with Crippen molar-refractivity contribution in [2.45, 2.75) is 39.2 Å². The molecule has 0 aromatic carbocycles. The van der Waals surface area contributed by atoms with Crippen LogP contribution in [0.25, 0.3) is 0 Å². The van der Waals surface area contributed by atoms with Crippen LogP contribution >= 0.6 is 0 Å². The molecule has 0 N–H and O–H groups in total. The van der Waals surface area contributed by atoms with Gasteiger partial charge in [0.05, 0.1) is 6.20 Å². The van der Waals surface area contributed by atoms with Gasteiger partial charge in [-0.3, -0.25) is 4.68 Å². The number of hydrogen-bond acceptors (Lipinski definition) is 1. The van der Waals surface area contributed by atoms with E-state index >= 15 is 0 Å². The van der Waals surface area contributed by atoms with Gasteiger partial charge in [-0.25, -0.2) is 0 Å². The predicted octanol–water partition coefficient (Wildman–Crippen LogP) is 2.09. The van der Waals surface area contributed by atoms with E-state index in [-0.39, 0.29) is 0 Å². The summed E-state index contributed by atoms with van der Waals surface area (Å²) >= 11 is 0. The molecule has 0 amide bonds. The molecule has 0 radical (unpaired) electrons. The monoisotopic (exact) mass is 150 g/mol. The van der Waals surface area contributed by atoms with Crippen molar-refractivity contribution >= 4 is 0 Å². The van der Waals surface area contributed by atoms with E-state index in [2.05, 4.69) is 23.6 Å². The molecule has 2 rings (SSSR count). The molecule has 2 heteroatoms. The third kappa shape index (κ3) is 0.971. The van der Waals surface area contributed by atoms with Crippen LogP contribution in [0, 0.1) is 6.92 Å². The largest absolute Gasteiger partial charge is 0.267 e. The van der Waals surface area contributed by atoms with Crippen molar-refractivity contribution in [2.75, 3.05) is 0 Å². The first-order chi connectivity index (χ1) is 5.29. The normalized spacial score (nSPS) is 23.3. The van der Waals surface area contributed by atoms with Gasteiger partial charge in [0.2, 0.25) is 0 Å². The third-order valence-electron chi connectivity index (χ3n) is 2.56. The Hall–Kier alpha value is -0.790. The minimum absolute atomic E-state index is 0.618. The molecule has 1 unspecified atom stereocenters. The average Bonchev–Trinajstić information content (AvgIpc) is 2.35. The smallest absolute Gasteiger partial charge is 0.0521 e. The van der Waals surface area contributed by atoms with Crippen LogP contribution in [0.4, 0.5) is 0 Å². The van der Waals surface area contributed by atoms with Crippen LogP contribution < -0.4 is 0 Å². The summed E-state index contributed by atoms with van der Waals surface area (Å²) in [7, 11) is 0. The van der Waals surface area contributed by atoms with Crippen molar-refractivity contribution in [3.63, 3.8) is 0 Å². The van der Waals surface area contributed by atoms with E-state index < -0.39 is 0 Å². The molecule has 60 valence electrons. The minimum Gasteiger partial charge on any atom is -0.267 e. The zero-order valence-corrected chi connectivity index (χ0v) is 7.17. The van der Waals surface area contributed by atoms with E-state index in [1.165, 1.54) is 30.5 Å². The molecule has 2 heterocycles. The molecule has 0 saturated heterocycles. The number of aromatic nitrogens is 2. The lowest BCUT2D eigenvalue weighted by atomic mass is 10.0. The molecule has 0 bridgehead atoms. The summed E-state index contributed by atoms with van der Waals surface area (Å²) in [4.78, 5) is 0. The highest BCUT2D eigenvalue weighted by molar-refractivity contribution is 5.17. The molecular formula is C9H14N2. The first-order valence-electron chi connectivity index (χ1n) is 4.32. The Morgan fingerprint density at radius 2 is 2.45 bits per heavy atom. The maximum absolute atomic E-state index is 4.35. The van der Waals surface area contributed by atoms with Crippen molar-refractivity contribution in [3.8, 4) is 0 Å². The Balaban J connectivity index is 2.46. The van der Waals surface area contributed by atoms with Crippen molar-refractivity contribution in [2.24, 2.45) is 0 Å². The maximum Gasteiger partial charge on any atom is 0.0521 e. The molecule has 11 heavy (non-hydrogen) atoms. The fourth-order valence-electron chi connectivity index (χ4n) is 1.85. The molecular weight excluding hydrogens is 136 g/mol. The SMILES string of the molecule is Cc1cnn2c1CCCC2C. The summed E-state index contributed by atoms with van der Waals surface area (Å²) < 4.78 is 2.18. The summed E-state index contributed by atoms with van der Waals surface area (Å²) in [6.07, 6.45) is 5.81. The van der Waals surface area contributed by atoms with Gasteiger partial charge in [-0.05, 0) is 38.7 Å². The average molecular weight is 150 g/mol. The summed E-state index contributed by atoms with van der Waals surface area (Å²) in [5, 5.41) is 4.35. The van der Waals surface area contributed by atoms with Gasteiger partial charge in [-0.1, -0.05) is 0 Å². The van der Waals surface area contributed by atoms with E-state index in [0.29, 0.717) is 6.04 Å². The molecule has 1 aliphatic heterocycles. The lowest BCUT2D eigenvalue weighted by Gasteiger charge is -2.21. The van der Waals surface area contributed by atoms with Gasteiger partial charge in [0.1, 0.15) is 0 Å².